The van der Waals surface area contributed by atoms with Crippen LogP contribution in [0, 0.1) is 0 Å². The molecule has 7 nitrogen and oxygen atoms in total. The summed E-state index contributed by atoms with van der Waals surface area (Å²) in [5, 5.41) is 37.7. The smallest absolute Gasteiger partial charge is 0.227 e. The maximum atomic E-state index is 9.70. The van der Waals surface area contributed by atoms with Crippen molar-refractivity contribution in [2.24, 2.45) is 4.99 Å². The third kappa shape index (κ3) is 1.83. The second-order valence-electron chi connectivity index (χ2n) is 3.66. The molecule has 0 spiro atoms. The van der Waals surface area contributed by atoms with Crippen LogP contribution < -0.4 is 0 Å². The van der Waals surface area contributed by atoms with Gasteiger partial charge in [0.1, 0.15) is 18.3 Å². The lowest BCUT2D eigenvalue weighted by atomic mass is 10.1. The molecule has 0 saturated carbocycles. The second-order valence-corrected chi connectivity index (χ2v) is 3.66. The van der Waals surface area contributed by atoms with Crippen molar-refractivity contribution in [1.82, 2.24) is 4.90 Å². The summed E-state index contributed by atoms with van der Waals surface area (Å²) in [4.78, 5) is 4.97. The predicted octanol–water partition coefficient (Wildman–Crippen LogP) is -2.40. The summed E-state index contributed by atoms with van der Waals surface area (Å²) < 4.78 is 5.24. The van der Waals surface area contributed by atoms with E-state index in [-0.39, 0.29) is 0 Å². The van der Waals surface area contributed by atoms with Crippen LogP contribution in [-0.2, 0) is 4.74 Å². The molecular weight excluding hydrogens is 216 g/mol. The molecule has 0 aliphatic carbocycles. The van der Waals surface area contributed by atoms with Crippen molar-refractivity contribution in [3.8, 4) is 0 Å². The Morgan fingerprint density at radius 2 is 2.00 bits per heavy atom. The first kappa shape index (κ1) is 11.5. The van der Waals surface area contributed by atoms with Gasteiger partial charge >= 0.3 is 0 Å². The molecular formula is C9H14N2O5. The van der Waals surface area contributed by atoms with Gasteiger partial charge in [0.05, 0.1) is 6.61 Å². The molecule has 2 rings (SSSR count). The molecule has 1 saturated heterocycles. The number of aliphatic hydroxyl groups is 4. The number of aliphatic imine (C=N–C) groups is 1. The summed E-state index contributed by atoms with van der Waals surface area (Å²) in [7, 11) is 0. The highest BCUT2D eigenvalue weighted by atomic mass is 16.6. The molecule has 2 aliphatic rings. The normalized spacial score (nSPS) is 43.0. The molecule has 1 unspecified atom stereocenters. The fourth-order valence-corrected chi connectivity index (χ4v) is 1.76. The van der Waals surface area contributed by atoms with E-state index < -0.39 is 37.5 Å². The Morgan fingerprint density at radius 3 is 2.56 bits per heavy atom. The highest BCUT2D eigenvalue weighted by Crippen LogP contribution is 2.26. The first-order chi connectivity index (χ1) is 7.65. The van der Waals surface area contributed by atoms with Crippen LogP contribution in [0.15, 0.2) is 17.3 Å². The Morgan fingerprint density at radius 1 is 1.25 bits per heavy atom. The fourth-order valence-electron chi connectivity index (χ4n) is 1.76. The third-order valence-electron chi connectivity index (χ3n) is 2.64. The van der Waals surface area contributed by atoms with E-state index in [1.807, 2.05) is 0 Å². The quantitative estimate of drug-likeness (QED) is 0.421. The summed E-state index contributed by atoms with van der Waals surface area (Å²) in [5.41, 5.74) is 0. The van der Waals surface area contributed by atoms with Gasteiger partial charge in [-0.2, -0.15) is 0 Å². The van der Waals surface area contributed by atoms with E-state index in [4.69, 9.17) is 9.84 Å². The zero-order valence-electron chi connectivity index (χ0n) is 8.42. The topological polar surface area (TPSA) is 106 Å². The molecule has 4 N–H and O–H groups in total. The maximum Gasteiger partial charge on any atom is 0.227 e. The van der Waals surface area contributed by atoms with Crippen LogP contribution in [0.5, 0.6) is 0 Å². The van der Waals surface area contributed by atoms with Gasteiger partial charge in [0.25, 0.3) is 0 Å². The van der Waals surface area contributed by atoms with Gasteiger partial charge in [-0.3, -0.25) is 0 Å². The van der Waals surface area contributed by atoms with Gasteiger partial charge in [-0.05, 0) is 6.08 Å². The number of rotatable bonds is 2. The van der Waals surface area contributed by atoms with E-state index in [1.54, 1.807) is 6.08 Å². The van der Waals surface area contributed by atoms with Gasteiger partial charge in [-0.15, -0.1) is 0 Å². The van der Waals surface area contributed by atoms with E-state index >= 15 is 0 Å². The number of hydrogen-bond acceptors (Lipinski definition) is 7. The highest BCUT2D eigenvalue weighted by molar-refractivity contribution is 5.71. The molecule has 5 atom stereocenters. The SMILES string of the molecule is OC[C@H]1O[C@@H](N2C=CC=NC2O)[C@H](O)[C@@H]1O. The highest BCUT2D eigenvalue weighted by Gasteiger charge is 2.46. The lowest BCUT2D eigenvalue weighted by molar-refractivity contribution is -0.129. The Kier molecular flexibility index (Phi) is 3.22. The Labute approximate surface area is 91.9 Å². The summed E-state index contributed by atoms with van der Waals surface area (Å²) in [5.74, 6) is 0. The van der Waals surface area contributed by atoms with Crippen molar-refractivity contribution in [3.63, 3.8) is 0 Å². The number of allylic oxidation sites excluding steroid dienone is 1. The van der Waals surface area contributed by atoms with Gasteiger partial charge in [-0.25, -0.2) is 4.99 Å². The first-order valence-corrected chi connectivity index (χ1v) is 4.93. The average molecular weight is 230 g/mol. The van der Waals surface area contributed by atoms with E-state index in [0.29, 0.717) is 0 Å². The molecule has 1 fully saturated rings. The molecule has 0 aromatic heterocycles. The minimum absolute atomic E-state index is 0.397. The Bertz CT molecular complexity index is 308. The molecule has 2 heterocycles. The monoisotopic (exact) mass is 230 g/mol. The predicted molar refractivity (Wildman–Crippen MR) is 53.2 cm³/mol. The van der Waals surface area contributed by atoms with Gasteiger partial charge in [0.15, 0.2) is 6.23 Å². The maximum absolute atomic E-state index is 9.70. The zero-order chi connectivity index (χ0) is 11.7. The molecule has 2 aliphatic heterocycles. The minimum Gasteiger partial charge on any atom is -0.394 e. The number of ether oxygens (including phenoxy) is 1. The van der Waals surface area contributed by atoms with Crippen LogP contribution in [0.4, 0.5) is 0 Å². The fraction of sp³-hybridized carbons (Fsp3) is 0.667. The third-order valence-corrected chi connectivity index (χ3v) is 2.64. The van der Waals surface area contributed by atoms with Crippen LogP contribution in [0.2, 0.25) is 0 Å². The van der Waals surface area contributed by atoms with Crippen molar-refractivity contribution in [3.05, 3.63) is 12.3 Å². The molecule has 0 aromatic rings. The van der Waals surface area contributed by atoms with Crippen LogP contribution in [0.25, 0.3) is 0 Å². The first-order valence-electron chi connectivity index (χ1n) is 4.93. The second kappa shape index (κ2) is 4.48. The van der Waals surface area contributed by atoms with E-state index in [0.717, 1.165) is 0 Å². The standard InChI is InChI=1S/C9H14N2O5/c12-4-5-6(13)7(14)8(16-5)11-3-1-2-10-9(11)15/h1-3,5-9,12-15H,4H2/t5-,6-,7-,8-,9?/m1/s1. The molecule has 7 heteroatoms. The van der Waals surface area contributed by atoms with Crippen molar-refractivity contribution >= 4 is 6.21 Å². The number of hydrogen-bond donors (Lipinski definition) is 4. The van der Waals surface area contributed by atoms with Crippen molar-refractivity contribution in [2.45, 2.75) is 30.9 Å². The summed E-state index contributed by atoms with van der Waals surface area (Å²) >= 11 is 0. The number of nitrogens with zero attached hydrogens (tertiary/aromatic N) is 2. The molecule has 90 valence electrons. The number of aliphatic hydroxyl groups excluding tert-OH is 4. The van der Waals surface area contributed by atoms with E-state index in [9.17, 15) is 15.3 Å². The minimum atomic E-state index is -1.20. The van der Waals surface area contributed by atoms with Gasteiger partial charge in [0, 0.05) is 12.4 Å². The molecule has 0 bridgehead atoms. The van der Waals surface area contributed by atoms with Crippen molar-refractivity contribution in [1.29, 1.82) is 0 Å². The molecule has 0 radical (unpaired) electrons. The largest absolute Gasteiger partial charge is 0.394 e. The van der Waals surface area contributed by atoms with Gasteiger partial charge < -0.3 is 30.1 Å². The lowest BCUT2D eigenvalue weighted by Gasteiger charge is -2.32. The Hall–Kier alpha value is -0.990. The van der Waals surface area contributed by atoms with E-state index in [1.165, 1.54) is 17.3 Å². The van der Waals surface area contributed by atoms with Gasteiger partial charge in [-0.1, -0.05) is 0 Å². The molecule has 0 amide bonds. The average Bonchev–Trinajstić information content (AvgIpc) is 2.57. The lowest BCUT2D eigenvalue weighted by Crippen LogP contribution is -2.46. The van der Waals surface area contributed by atoms with Crippen LogP contribution in [0.3, 0.4) is 0 Å². The Balaban J connectivity index is 2.10. The summed E-state index contributed by atoms with van der Waals surface area (Å²) in [6, 6.07) is 0. The summed E-state index contributed by atoms with van der Waals surface area (Å²) in [6.07, 6.45) is -0.829. The van der Waals surface area contributed by atoms with Crippen LogP contribution in [0.1, 0.15) is 0 Å². The molecule has 0 aromatic carbocycles. The summed E-state index contributed by atoms with van der Waals surface area (Å²) in [6.45, 7) is -0.397. The van der Waals surface area contributed by atoms with E-state index in [2.05, 4.69) is 4.99 Å². The zero-order valence-corrected chi connectivity index (χ0v) is 8.42. The van der Waals surface area contributed by atoms with Crippen molar-refractivity contribution in [2.75, 3.05) is 6.61 Å². The molecule has 16 heavy (non-hydrogen) atoms. The van der Waals surface area contributed by atoms with Gasteiger partial charge in [0.2, 0.25) is 6.35 Å². The van der Waals surface area contributed by atoms with Crippen LogP contribution in [-0.4, -0.2) is 69.0 Å². The van der Waals surface area contributed by atoms with Crippen LogP contribution >= 0.6 is 0 Å². The van der Waals surface area contributed by atoms with Crippen molar-refractivity contribution < 1.29 is 25.2 Å².